The molecule has 0 fully saturated rings. The fourth-order valence-electron chi connectivity index (χ4n) is 2.87. The second kappa shape index (κ2) is 8.33. The van der Waals surface area contributed by atoms with Gasteiger partial charge < -0.3 is 15.5 Å². The molecule has 140 valence electrons. The van der Waals surface area contributed by atoms with Gasteiger partial charge in [0, 0.05) is 17.3 Å². The molecule has 0 bridgehead atoms. The molecule has 27 heavy (non-hydrogen) atoms. The third-order valence-electron chi connectivity index (χ3n) is 4.17. The van der Waals surface area contributed by atoms with Gasteiger partial charge in [-0.05, 0) is 63.5 Å². The highest BCUT2D eigenvalue weighted by Gasteiger charge is 2.21. The van der Waals surface area contributed by atoms with E-state index in [1.165, 1.54) is 0 Å². The number of amides is 1. The first-order chi connectivity index (χ1) is 13.0. The van der Waals surface area contributed by atoms with E-state index in [9.17, 15) is 4.79 Å². The average Bonchev–Trinajstić information content (AvgIpc) is 2.65. The van der Waals surface area contributed by atoms with Crippen LogP contribution >= 0.6 is 11.6 Å². The lowest BCUT2D eigenvalue weighted by molar-refractivity contribution is 0.0996. The van der Waals surface area contributed by atoms with Crippen molar-refractivity contribution in [1.29, 1.82) is 0 Å². The molecule has 0 spiro atoms. The molecule has 0 atom stereocenters. The summed E-state index contributed by atoms with van der Waals surface area (Å²) in [6.45, 7) is 1.56. The Morgan fingerprint density at radius 3 is 2.22 bits per heavy atom. The van der Waals surface area contributed by atoms with Crippen molar-refractivity contribution in [3.05, 3.63) is 59.2 Å². The molecule has 0 unspecified atom stereocenters. The molecule has 2 N–H and O–H groups in total. The third-order valence-corrected chi connectivity index (χ3v) is 4.42. The van der Waals surface area contributed by atoms with Crippen LogP contribution in [0.15, 0.2) is 48.5 Å². The number of anilines is 2. The van der Waals surface area contributed by atoms with Crippen LogP contribution in [0, 0.1) is 0 Å². The van der Waals surface area contributed by atoms with Gasteiger partial charge in [0.05, 0.1) is 11.0 Å². The Kier molecular flexibility index (Phi) is 5.88. The van der Waals surface area contributed by atoms with Gasteiger partial charge in [0.25, 0.3) is 5.91 Å². The Balaban J connectivity index is 2.10. The average molecular weight is 384 g/mol. The maximum absolute atomic E-state index is 12.1. The normalized spacial score (nSPS) is 11.1. The highest BCUT2D eigenvalue weighted by Crippen LogP contribution is 2.29. The van der Waals surface area contributed by atoms with E-state index in [0.717, 1.165) is 18.7 Å². The fourth-order valence-corrected chi connectivity index (χ4v) is 2.99. The molecule has 0 radical (unpaired) electrons. The maximum atomic E-state index is 12.1. The summed E-state index contributed by atoms with van der Waals surface area (Å²) < 4.78 is 0. The van der Waals surface area contributed by atoms with Crippen molar-refractivity contribution >= 4 is 40.0 Å². The summed E-state index contributed by atoms with van der Waals surface area (Å²) in [4.78, 5) is 25.4. The first kappa shape index (κ1) is 19.1. The van der Waals surface area contributed by atoms with Crippen LogP contribution in [0.3, 0.4) is 0 Å². The maximum Gasteiger partial charge on any atom is 0.271 e. The van der Waals surface area contributed by atoms with E-state index in [-0.39, 0.29) is 5.69 Å². The van der Waals surface area contributed by atoms with Crippen LogP contribution in [0.4, 0.5) is 11.5 Å². The summed E-state index contributed by atoms with van der Waals surface area (Å²) in [6, 6.07) is 14.9. The van der Waals surface area contributed by atoms with Crippen molar-refractivity contribution in [1.82, 2.24) is 14.9 Å². The number of halogens is 1. The van der Waals surface area contributed by atoms with Gasteiger partial charge in [-0.2, -0.15) is 0 Å². The van der Waals surface area contributed by atoms with Crippen molar-refractivity contribution in [2.45, 2.75) is 6.42 Å². The molecule has 3 rings (SSSR count). The van der Waals surface area contributed by atoms with Crippen molar-refractivity contribution in [2.24, 2.45) is 5.73 Å². The number of hydrogen-bond donors (Lipinski definition) is 1. The van der Waals surface area contributed by atoms with Gasteiger partial charge in [-0.15, -0.1) is 0 Å². The molecule has 7 heteroatoms. The van der Waals surface area contributed by atoms with E-state index in [0.29, 0.717) is 28.4 Å². The largest absolute Gasteiger partial charge is 0.364 e. The van der Waals surface area contributed by atoms with Gasteiger partial charge in [0.1, 0.15) is 0 Å². The first-order valence-electron chi connectivity index (χ1n) is 8.70. The van der Waals surface area contributed by atoms with E-state index >= 15 is 0 Å². The molecule has 1 amide bonds. The minimum Gasteiger partial charge on any atom is -0.364 e. The molecule has 1 aromatic heterocycles. The number of benzene rings is 2. The Morgan fingerprint density at radius 1 is 1.00 bits per heavy atom. The first-order valence-corrected chi connectivity index (χ1v) is 9.08. The number of hydrogen-bond acceptors (Lipinski definition) is 5. The predicted molar refractivity (Wildman–Crippen MR) is 110 cm³/mol. The van der Waals surface area contributed by atoms with E-state index in [4.69, 9.17) is 22.3 Å². The third kappa shape index (κ3) is 4.53. The lowest BCUT2D eigenvalue weighted by atomic mass is 10.2. The summed E-state index contributed by atoms with van der Waals surface area (Å²) in [6.07, 6.45) is 0.877. The second-order valence-electron chi connectivity index (χ2n) is 6.53. The van der Waals surface area contributed by atoms with Gasteiger partial charge in [0.2, 0.25) is 0 Å². The zero-order valence-corrected chi connectivity index (χ0v) is 16.1. The SMILES string of the molecule is CN(C)CCCN(c1ccc(Cl)cc1)c1nc2ccccc2nc1C(N)=O. The van der Waals surface area contributed by atoms with Crippen LogP contribution in [0.25, 0.3) is 11.0 Å². The number of rotatable bonds is 7. The van der Waals surface area contributed by atoms with Crippen LogP contribution in [-0.2, 0) is 0 Å². The number of fused-ring (bicyclic) bond motifs is 1. The van der Waals surface area contributed by atoms with Crippen molar-refractivity contribution in [3.8, 4) is 0 Å². The van der Waals surface area contributed by atoms with Crippen molar-refractivity contribution in [3.63, 3.8) is 0 Å². The quantitative estimate of drug-likeness (QED) is 0.676. The van der Waals surface area contributed by atoms with Gasteiger partial charge in [-0.25, -0.2) is 9.97 Å². The van der Waals surface area contributed by atoms with E-state index in [1.807, 2.05) is 67.5 Å². The number of primary amides is 1. The number of aromatic nitrogens is 2. The van der Waals surface area contributed by atoms with Gasteiger partial charge >= 0.3 is 0 Å². The highest BCUT2D eigenvalue weighted by atomic mass is 35.5. The van der Waals surface area contributed by atoms with Crippen LogP contribution in [-0.4, -0.2) is 48.0 Å². The Labute approximate surface area is 163 Å². The molecule has 0 aliphatic carbocycles. The Bertz CT molecular complexity index is 943. The zero-order chi connectivity index (χ0) is 19.4. The smallest absolute Gasteiger partial charge is 0.271 e. The molecule has 2 aromatic carbocycles. The zero-order valence-electron chi connectivity index (χ0n) is 15.4. The molecule has 6 nitrogen and oxygen atoms in total. The molecule has 0 aliphatic rings. The topological polar surface area (TPSA) is 75.3 Å². The van der Waals surface area contributed by atoms with E-state index in [1.54, 1.807) is 0 Å². The standard InChI is InChI=1S/C20H22ClN5O/c1-25(2)12-5-13-26(15-10-8-14(21)9-11-15)20-18(19(22)27)23-16-6-3-4-7-17(16)24-20/h3-4,6-11H,5,12-13H2,1-2H3,(H2,22,27). The van der Waals surface area contributed by atoms with E-state index in [2.05, 4.69) is 9.88 Å². The molecule has 1 heterocycles. The lowest BCUT2D eigenvalue weighted by Crippen LogP contribution is -2.27. The summed E-state index contributed by atoms with van der Waals surface area (Å²) in [7, 11) is 4.05. The molecular formula is C20H22ClN5O. The molecule has 0 aliphatic heterocycles. The number of carbonyl (C=O) groups excluding carboxylic acids is 1. The highest BCUT2D eigenvalue weighted by molar-refractivity contribution is 6.30. The summed E-state index contributed by atoms with van der Waals surface area (Å²) in [5.41, 5.74) is 8.02. The fraction of sp³-hybridized carbons (Fsp3) is 0.250. The molecular weight excluding hydrogens is 362 g/mol. The van der Waals surface area contributed by atoms with Gasteiger partial charge in [-0.3, -0.25) is 4.79 Å². The molecule has 3 aromatic rings. The minimum atomic E-state index is -0.602. The molecule has 0 saturated carbocycles. The van der Waals surface area contributed by atoms with Gasteiger partial charge in [0.15, 0.2) is 11.5 Å². The van der Waals surface area contributed by atoms with E-state index < -0.39 is 5.91 Å². The predicted octanol–water partition coefficient (Wildman–Crippen LogP) is 3.47. The summed E-state index contributed by atoms with van der Waals surface area (Å²) >= 11 is 6.04. The number of nitrogens with zero attached hydrogens (tertiary/aromatic N) is 4. The molecule has 0 saturated heterocycles. The summed E-state index contributed by atoms with van der Waals surface area (Å²) in [5.74, 6) is -0.142. The number of carbonyl (C=O) groups is 1. The second-order valence-corrected chi connectivity index (χ2v) is 6.97. The van der Waals surface area contributed by atoms with Crippen LogP contribution in [0.2, 0.25) is 5.02 Å². The van der Waals surface area contributed by atoms with Crippen LogP contribution in [0.1, 0.15) is 16.9 Å². The van der Waals surface area contributed by atoms with Crippen molar-refractivity contribution in [2.75, 3.05) is 32.1 Å². The summed E-state index contributed by atoms with van der Waals surface area (Å²) in [5, 5.41) is 0.645. The van der Waals surface area contributed by atoms with Crippen LogP contribution < -0.4 is 10.6 Å². The van der Waals surface area contributed by atoms with Crippen molar-refractivity contribution < 1.29 is 4.79 Å². The number of nitrogens with two attached hydrogens (primary N) is 1. The Hall–Kier alpha value is -2.70. The number of para-hydroxylation sites is 2. The Morgan fingerprint density at radius 2 is 1.63 bits per heavy atom. The van der Waals surface area contributed by atoms with Gasteiger partial charge in [-0.1, -0.05) is 23.7 Å². The monoisotopic (exact) mass is 383 g/mol. The van der Waals surface area contributed by atoms with Crippen LogP contribution in [0.5, 0.6) is 0 Å². The lowest BCUT2D eigenvalue weighted by Gasteiger charge is -2.26. The minimum absolute atomic E-state index is 0.161.